The summed E-state index contributed by atoms with van der Waals surface area (Å²) < 4.78 is 12.0. The summed E-state index contributed by atoms with van der Waals surface area (Å²) in [5, 5.41) is 4.91. The lowest BCUT2D eigenvalue weighted by Crippen LogP contribution is -2.12. The summed E-state index contributed by atoms with van der Waals surface area (Å²) in [5.74, 6) is 1.06. The fraction of sp³-hybridized carbons (Fsp3) is 0.0400. The van der Waals surface area contributed by atoms with E-state index in [1.165, 1.54) is 0 Å². The number of nitrogens with zero attached hydrogens (tertiary/aromatic N) is 1. The molecule has 5 rings (SSSR count). The summed E-state index contributed by atoms with van der Waals surface area (Å²) in [6, 6.07) is 24.6. The SMILES string of the molecule is COc1ccc(-c2nc3cc(NC(=O)c4cccc5ccccc45)ccc3o2)cc1Br. The van der Waals surface area contributed by atoms with Gasteiger partial charge < -0.3 is 14.5 Å². The Labute approximate surface area is 186 Å². The highest BCUT2D eigenvalue weighted by atomic mass is 79.9. The molecule has 0 aliphatic rings. The van der Waals surface area contributed by atoms with Crippen LogP contribution in [0.4, 0.5) is 5.69 Å². The minimum absolute atomic E-state index is 0.168. The van der Waals surface area contributed by atoms with Crippen LogP contribution in [-0.4, -0.2) is 18.0 Å². The van der Waals surface area contributed by atoms with Gasteiger partial charge in [0.05, 0.1) is 11.6 Å². The lowest BCUT2D eigenvalue weighted by atomic mass is 10.0. The molecule has 152 valence electrons. The summed E-state index contributed by atoms with van der Waals surface area (Å²) in [6.45, 7) is 0. The first-order chi connectivity index (χ1) is 15.1. The maximum Gasteiger partial charge on any atom is 0.256 e. The molecule has 31 heavy (non-hydrogen) atoms. The molecular weight excluding hydrogens is 456 g/mol. The molecule has 0 atom stereocenters. The third-order valence-electron chi connectivity index (χ3n) is 5.08. The van der Waals surface area contributed by atoms with E-state index in [1.54, 1.807) is 7.11 Å². The van der Waals surface area contributed by atoms with Crippen LogP contribution in [0.3, 0.4) is 0 Å². The van der Waals surface area contributed by atoms with Crippen LogP contribution in [0.15, 0.2) is 87.8 Å². The van der Waals surface area contributed by atoms with Gasteiger partial charge in [0.1, 0.15) is 11.3 Å². The van der Waals surface area contributed by atoms with Crippen molar-refractivity contribution in [1.29, 1.82) is 0 Å². The molecule has 1 aromatic heterocycles. The molecule has 0 unspecified atom stereocenters. The molecule has 0 spiro atoms. The Balaban J connectivity index is 1.45. The second kappa shape index (κ2) is 7.89. The quantitative estimate of drug-likeness (QED) is 0.317. The monoisotopic (exact) mass is 472 g/mol. The topological polar surface area (TPSA) is 64.4 Å². The predicted molar refractivity (Wildman–Crippen MR) is 126 cm³/mol. The lowest BCUT2D eigenvalue weighted by molar-refractivity contribution is 0.102. The number of ether oxygens (including phenoxy) is 1. The van der Waals surface area contributed by atoms with E-state index in [2.05, 4.69) is 26.2 Å². The number of carbonyl (C=O) groups excluding carboxylic acids is 1. The molecule has 0 fully saturated rings. The molecule has 0 radical (unpaired) electrons. The number of benzene rings is 4. The van der Waals surface area contributed by atoms with Crippen molar-refractivity contribution in [3.63, 3.8) is 0 Å². The smallest absolute Gasteiger partial charge is 0.256 e. The molecule has 1 amide bonds. The first kappa shape index (κ1) is 19.3. The number of methoxy groups -OCH3 is 1. The predicted octanol–water partition coefficient (Wildman–Crippen LogP) is 6.67. The van der Waals surface area contributed by atoms with E-state index in [0.717, 1.165) is 26.6 Å². The number of aromatic nitrogens is 1. The molecule has 6 heteroatoms. The van der Waals surface area contributed by atoms with E-state index >= 15 is 0 Å². The minimum Gasteiger partial charge on any atom is -0.496 e. The number of hydrogen-bond acceptors (Lipinski definition) is 4. The number of halogens is 1. The molecule has 0 aliphatic carbocycles. The van der Waals surface area contributed by atoms with Gasteiger partial charge in [0.25, 0.3) is 5.91 Å². The molecule has 0 saturated heterocycles. The third-order valence-corrected chi connectivity index (χ3v) is 5.70. The zero-order chi connectivity index (χ0) is 21.4. The summed E-state index contributed by atoms with van der Waals surface area (Å²) in [4.78, 5) is 17.5. The van der Waals surface area contributed by atoms with E-state index in [1.807, 2.05) is 78.9 Å². The Morgan fingerprint density at radius 2 is 1.84 bits per heavy atom. The summed E-state index contributed by atoms with van der Waals surface area (Å²) in [5.41, 5.74) is 3.41. The zero-order valence-electron chi connectivity index (χ0n) is 16.6. The van der Waals surface area contributed by atoms with E-state index in [9.17, 15) is 4.79 Å². The van der Waals surface area contributed by atoms with Crippen molar-refractivity contribution >= 4 is 49.4 Å². The van der Waals surface area contributed by atoms with Crippen LogP contribution in [0.5, 0.6) is 5.75 Å². The fourth-order valence-electron chi connectivity index (χ4n) is 3.55. The molecule has 0 bridgehead atoms. The van der Waals surface area contributed by atoms with Crippen LogP contribution in [0, 0.1) is 0 Å². The van der Waals surface area contributed by atoms with Gasteiger partial charge in [-0.1, -0.05) is 36.4 Å². The molecule has 5 aromatic rings. The van der Waals surface area contributed by atoms with Crippen LogP contribution < -0.4 is 10.1 Å². The molecule has 0 saturated carbocycles. The van der Waals surface area contributed by atoms with E-state index in [4.69, 9.17) is 9.15 Å². The molecule has 4 aromatic carbocycles. The van der Waals surface area contributed by atoms with Crippen molar-refractivity contribution in [1.82, 2.24) is 4.98 Å². The van der Waals surface area contributed by atoms with E-state index in [-0.39, 0.29) is 5.91 Å². The number of rotatable bonds is 4. The normalized spacial score (nSPS) is 11.0. The number of carbonyl (C=O) groups is 1. The first-order valence-corrected chi connectivity index (χ1v) is 10.5. The van der Waals surface area contributed by atoms with Crippen LogP contribution in [0.1, 0.15) is 10.4 Å². The van der Waals surface area contributed by atoms with Gasteiger partial charge in [-0.15, -0.1) is 0 Å². The zero-order valence-corrected chi connectivity index (χ0v) is 18.1. The van der Waals surface area contributed by atoms with Gasteiger partial charge in [0.2, 0.25) is 5.89 Å². The van der Waals surface area contributed by atoms with Crippen LogP contribution in [0.2, 0.25) is 0 Å². The van der Waals surface area contributed by atoms with Crippen LogP contribution in [-0.2, 0) is 0 Å². The highest BCUT2D eigenvalue weighted by Gasteiger charge is 2.13. The summed E-state index contributed by atoms with van der Waals surface area (Å²) in [6.07, 6.45) is 0. The number of amides is 1. The largest absolute Gasteiger partial charge is 0.496 e. The average molecular weight is 473 g/mol. The Morgan fingerprint density at radius 3 is 2.68 bits per heavy atom. The Morgan fingerprint density at radius 1 is 1.00 bits per heavy atom. The van der Waals surface area contributed by atoms with Crippen molar-refractivity contribution in [2.45, 2.75) is 0 Å². The Hall–Kier alpha value is -3.64. The van der Waals surface area contributed by atoms with Gasteiger partial charge in [-0.3, -0.25) is 4.79 Å². The van der Waals surface area contributed by atoms with Gasteiger partial charge in [-0.05, 0) is 69.2 Å². The maximum atomic E-state index is 12.9. The van der Waals surface area contributed by atoms with E-state index in [0.29, 0.717) is 28.2 Å². The average Bonchev–Trinajstić information content (AvgIpc) is 3.22. The molecule has 1 heterocycles. The van der Waals surface area contributed by atoms with Gasteiger partial charge in [0.15, 0.2) is 5.58 Å². The standard InChI is InChI=1S/C25H17BrN2O3/c1-30-22-11-9-16(13-20(22)26)25-28-21-14-17(10-12-23(21)31-25)27-24(29)19-8-4-6-15-5-2-3-7-18(15)19/h2-14H,1H3,(H,27,29). The fourth-order valence-corrected chi connectivity index (χ4v) is 4.09. The second-order valence-corrected chi connectivity index (χ2v) is 7.89. The van der Waals surface area contributed by atoms with Gasteiger partial charge >= 0.3 is 0 Å². The Kier molecular flexibility index (Phi) is 4.92. The van der Waals surface area contributed by atoms with Crippen LogP contribution in [0.25, 0.3) is 33.3 Å². The number of anilines is 1. The number of nitrogens with one attached hydrogen (secondary N) is 1. The number of hydrogen-bond donors (Lipinski definition) is 1. The van der Waals surface area contributed by atoms with Gasteiger partial charge in [-0.2, -0.15) is 0 Å². The number of oxazole rings is 1. The minimum atomic E-state index is -0.168. The number of fused-ring (bicyclic) bond motifs is 2. The maximum absolute atomic E-state index is 12.9. The molecule has 0 aliphatic heterocycles. The van der Waals surface area contributed by atoms with Crippen molar-refractivity contribution in [2.75, 3.05) is 12.4 Å². The highest BCUT2D eigenvalue weighted by molar-refractivity contribution is 9.10. The molecular formula is C25H17BrN2O3. The van der Waals surface area contributed by atoms with Gasteiger partial charge in [-0.25, -0.2) is 4.98 Å². The molecule has 5 nitrogen and oxygen atoms in total. The van der Waals surface area contributed by atoms with Crippen molar-refractivity contribution in [2.24, 2.45) is 0 Å². The second-order valence-electron chi connectivity index (χ2n) is 7.03. The lowest BCUT2D eigenvalue weighted by Gasteiger charge is -2.08. The third kappa shape index (κ3) is 3.66. The van der Waals surface area contributed by atoms with Crippen molar-refractivity contribution in [3.8, 4) is 17.2 Å². The molecule has 1 N–H and O–H groups in total. The Bertz CT molecular complexity index is 1440. The first-order valence-electron chi connectivity index (χ1n) is 9.66. The van der Waals surface area contributed by atoms with Gasteiger partial charge in [0, 0.05) is 16.8 Å². The summed E-state index contributed by atoms with van der Waals surface area (Å²) in [7, 11) is 1.62. The van der Waals surface area contributed by atoms with Crippen molar-refractivity contribution in [3.05, 3.63) is 88.9 Å². The highest BCUT2D eigenvalue weighted by Crippen LogP contribution is 2.32. The summed E-state index contributed by atoms with van der Waals surface area (Å²) >= 11 is 3.48. The van der Waals surface area contributed by atoms with Crippen molar-refractivity contribution < 1.29 is 13.9 Å². The van der Waals surface area contributed by atoms with E-state index < -0.39 is 0 Å². The van der Waals surface area contributed by atoms with Crippen LogP contribution >= 0.6 is 15.9 Å².